The molecule has 4 amide bonds. The molecule has 0 spiro atoms. The number of nitrogens with zero attached hydrogens (tertiary/aromatic N) is 4. The van der Waals surface area contributed by atoms with Crippen molar-refractivity contribution in [3.63, 3.8) is 0 Å². The van der Waals surface area contributed by atoms with E-state index in [9.17, 15) is 14.4 Å². The monoisotopic (exact) mass is 755 g/mol. The van der Waals surface area contributed by atoms with Crippen LogP contribution in [-0.4, -0.2) is 62.6 Å². The van der Waals surface area contributed by atoms with Gasteiger partial charge in [-0.1, -0.05) is 74.5 Å². The Bertz CT molecular complexity index is 1820. The topological polar surface area (TPSA) is 130 Å². The van der Waals surface area contributed by atoms with Gasteiger partial charge in [0.05, 0.1) is 27.6 Å². The molecule has 280 valence electrons. The Hall–Kier alpha value is -5.01. The summed E-state index contributed by atoms with van der Waals surface area (Å²) in [5, 5.41) is 12.4. The lowest BCUT2D eigenvalue weighted by Crippen LogP contribution is -2.53. The molecule has 0 aliphatic heterocycles. The number of alkyl carbamates (subject to hydrolysis) is 1. The van der Waals surface area contributed by atoms with Crippen molar-refractivity contribution in [3.05, 3.63) is 129 Å². The number of aryl methyl sites for hydroxylation is 1. The van der Waals surface area contributed by atoms with E-state index in [-0.39, 0.29) is 30.6 Å². The Morgan fingerprint density at radius 2 is 1.47 bits per heavy atom. The lowest BCUT2D eigenvalue weighted by Gasteiger charge is -2.27. The Morgan fingerprint density at radius 3 is 2.06 bits per heavy atom. The summed E-state index contributed by atoms with van der Waals surface area (Å²) < 4.78 is 7.51. The maximum Gasteiger partial charge on any atom is 0.407 e. The molecular formula is C40H49N7O4S2. The van der Waals surface area contributed by atoms with Gasteiger partial charge in [-0.3, -0.25) is 9.78 Å². The molecule has 3 N–H and O–H groups in total. The third-order valence-electron chi connectivity index (χ3n) is 8.78. The number of aromatic nitrogens is 3. The molecular weight excluding hydrogens is 707 g/mol. The highest BCUT2D eigenvalue weighted by molar-refractivity contribution is 7.09. The number of hydrogen-bond acceptors (Lipinski definition) is 8. The molecule has 5 aromatic rings. The average Bonchev–Trinajstić information content (AvgIpc) is 3.96. The molecule has 3 unspecified atom stereocenters. The van der Waals surface area contributed by atoms with Crippen molar-refractivity contribution in [2.45, 2.75) is 89.7 Å². The molecule has 3 heterocycles. The van der Waals surface area contributed by atoms with Crippen molar-refractivity contribution in [2.24, 2.45) is 0 Å². The minimum atomic E-state index is -0.785. The first-order valence-corrected chi connectivity index (χ1v) is 19.7. The number of nitrogens with one attached hydrogen (secondary N) is 3. The second-order valence-electron chi connectivity index (χ2n) is 13.4. The van der Waals surface area contributed by atoms with Crippen LogP contribution in [0.25, 0.3) is 0 Å². The van der Waals surface area contributed by atoms with E-state index in [1.807, 2.05) is 95.1 Å². The van der Waals surface area contributed by atoms with Gasteiger partial charge in [0.15, 0.2) is 0 Å². The lowest BCUT2D eigenvalue weighted by atomic mass is 9.95. The molecule has 0 radical (unpaired) electrons. The first-order chi connectivity index (χ1) is 25.7. The van der Waals surface area contributed by atoms with E-state index in [2.05, 4.69) is 39.8 Å². The van der Waals surface area contributed by atoms with Gasteiger partial charge < -0.3 is 30.2 Å². The van der Waals surface area contributed by atoms with Gasteiger partial charge in [-0.15, -0.1) is 22.7 Å². The number of urea groups is 1. The zero-order valence-corrected chi connectivity index (χ0v) is 32.2. The quantitative estimate of drug-likeness (QED) is 0.0820. The Morgan fingerprint density at radius 1 is 0.830 bits per heavy atom. The van der Waals surface area contributed by atoms with Crippen molar-refractivity contribution in [1.29, 1.82) is 0 Å². The van der Waals surface area contributed by atoms with E-state index in [0.717, 1.165) is 26.7 Å². The molecule has 0 aliphatic carbocycles. The molecule has 0 aliphatic rings. The van der Waals surface area contributed by atoms with E-state index in [4.69, 9.17) is 4.74 Å². The molecule has 13 heteroatoms. The smallest absolute Gasteiger partial charge is 0.407 e. The van der Waals surface area contributed by atoms with Crippen LogP contribution in [0.1, 0.15) is 65.7 Å². The van der Waals surface area contributed by atoms with Crippen LogP contribution in [0.3, 0.4) is 0 Å². The summed E-state index contributed by atoms with van der Waals surface area (Å²) >= 11 is 3.02. The van der Waals surface area contributed by atoms with Crippen molar-refractivity contribution >= 4 is 40.7 Å². The largest absolute Gasteiger partial charge is 0.444 e. The van der Waals surface area contributed by atoms with Gasteiger partial charge in [0.1, 0.15) is 12.6 Å². The summed E-state index contributed by atoms with van der Waals surface area (Å²) in [6.07, 6.45) is 7.81. The number of carbonyl (C=O) groups excluding carboxylic acids is 3. The predicted octanol–water partition coefficient (Wildman–Crippen LogP) is 7.17. The van der Waals surface area contributed by atoms with Crippen LogP contribution in [0.5, 0.6) is 0 Å². The zero-order chi connectivity index (χ0) is 37.4. The normalized spacial score (nSPS) is 12.8. The summed E-state index contributed by atoms with van der Waals surface area (Å²) in [5.74, 6) is 0.0537. The number of hydrogen-bond donors (Lipinski definition) is 3. The summed E-state index contributed by atoms with van der Waals surface area (Å²) in [5.41, 5.74) is 4.68. The van der Waals surface area contributed by atoms with E-state index in [1.165, 1.54) is 11.3 Å². The van der Waals surface area contributed by atoms with Crippen molar-refractivity contribution in [1.82, 2.24) is 35.4 Å². The van der Waals surface area contributed by atoms with Crippen LogP contribution in [0.4, 0.5) is 9.59 Å². The fourth-order valence-electron chi connectivity index (χ4n) is 5.91. The summed E-state index contributed by atoms with van der Waals surface area (Å²) in [7, 11) is 1.71. The van der Waals surface area contributed by atoms with Crippen molar-refractivity contribution < 1.29 is 19.1 Å². The average molecular weight is 756 g/mol. The number of amides is 4. The number of ether oxygens (including phenoxy) is 1. The second-order valence-corrected chi connectivity index (χ2v) is 15.3. The molecule has 5 rings (SSSR count). The molecule has 3 atom stereocenters. The standard InChI is InChI=1S/C40H49N7O4S2/c1-29(2)38-43-34(27-52-38)25-46(3)39(49)45-36(18-21-47-19-10-11-20-47)37(48)42-32(22-30-12-6-4-7-13-30)16-17-33(23-31-14-8-5-9-15-31)44-40(50)51-26-35-24-41-28-53-35/h4-15,19-20,24,27-29,32-33,36H,16-18,21-23,25-26H2,1-3H3,(H,42,48)(H,44,50)(H,45,49). The Labute approximate surface area is 319 Å². The minimum Gasteiger partial charge on any atom is -0.444 e. The molecule has 53 heavy (non-hydrogen) atoms. The van der Waals surface area contributed by atoms with Gasteiger partial charge in [-0.2, -0.15) is 0 Å². The van der Waals surface area contributed by atoms with Crippen LogP contribution >= 0.6 is 22.7 Å². The van der Waals surface area contributed by atoms with Crippen LogP contribution in [0.2, 0.25) is 0 Å². The van der Waals surface area contributed by atoms with Crippen LogP contribution < -0.4 is 16.0 Å². The molecule has 0 saturated heterocycles. The van der Waals surface area contributed by atoms with Crippen LogP contribution in [0.15, 0.2) is 102 Å². The Kier molecular flexibility index (Phi) is 15.0. The van der Waals surface area contributed by atoms with Crippen LogP contribution in [-0.2, 0) is 42.1 Å². The molecule has 11 nitrogen and oxygen atoms in total. The predicted molar refractivity (Wildman–Crippen MR) is 210 cm³/mol. The van der Waals surface area contributed by atoms with Crippen molar-refractivity contribution in [2.75, 3.05) is 7.05 Å². The van der Waals surface area contributed by atoms with Gasteiger partial charge in [-0.05, 0) is 55.4 Å². The first kappa shape index (κ1) is 39.2. The second kappa shape index (κ2) is 20.3. The molecule has 2 aromatic carbocycles. The Balaban J connectivity index is 1.28. The van der Waals surface area contributed by atoms with E-state index < -0.39 is 12.1 Å². The number of carbonyl (C=O) groups is 3. The SMILES string of the molecule is CC(C)c1nc(CN(C)C(=O)NC(CCn2cccc2)C(=O)NC(CCC(Cc2ccccc2)NC(=O)OCc2cncs2)Cc2ccccc2)cs1. The lowest BCUT2D eigenvalue weighted by molar-refractivity contribution is -0.124. The molecule has 0 saturated carbocycles. The van der Waals surface area contributed by atoms with E-state index in [1.54, 1.807) is 35.0 Å². The maximum absolute atomic E-state index is 14.2. The summed E-state index contributed by atoms with van der Waals surface area (Å²) in [4.78, 5) is 51.8. The molecule has 0 bridgehead atoms. The minimum absolute atomic E-state index is 0.148. The number of benzene rings is 2. The van der Waals surface area contributed by atoms with Gasteiger partial charge in [0.2, 0.25) is 5.91 Å². The molecule has 0 fully saturated rings. The third kappa shape index (κ3) is 13.2. The van der Waals surface area contributed by atoms with Gasteiger partial charge >= 0.3 is 12.1 Å². The maximum atomic E-state index is 14.2. The van der Waals surface area contributed by atoms with Crippen LogP contribution in [0, 0.1) is 0 Å². The third-order valence-corrected chi connectivity index (χ3v) is 10.7. The highest BCUT2D eigenvalue weighted by Gasteiger charge is 2.26. The molecule has 3 aromatic heterocycles. The first-order valence-electron chi connectivity index (χ1n) is 18.0. The van der Waals surface area contributed by atoms with E-state index in [0.29, 0.717) is 51.1 Å². The fraction of sp³-hybridized carbons (Fsp3) is 0.375. The summed E-state index contributed by atoms with van der Waals surface area (Å²) in [6, 6.07) is 22.2. The number of thiazole rings is 2. The fourth-order valence-corrected chi connectivity index (χ4v) is 7.24. The zero-order valence-electron chi connectivity index (χ0n) is 30.5. The van der Waals surface area contributed by atoms with Gasteiger partial charge in [0.25, 0.3) is 0 Å². The highest BCUT2D eigenvalue weighted by Crippen LogP contribution is 2.20. The summed E-state index contributed by atoms with van der Waals surface area (Å²) in [6.45, 7) is 5.22. The van der Waals surface area contributed by atoms with Gasteiger partial charge in [-0.25, -0.2) is 14.6 Å². The van der Waals surface area contributed by atoms with Crippen molar-refractivity contribution in [3.8, 4) is 0 Å². The highest BCUT2D eigenvalue weighted by atomic mass is 32.1. The van der Waals surface area contributed by atoms with Gasteiger partial charge in [0, 0.05) is 55.6 Å². The number of rotatable bonds is 19. The van der Waals surface area contributed by atoms with E-state index >= 15 is 0 Å².